The molecule has 0 radical (unpaired) electrons. The van der Waals surface area contributed by atoms with Gasteiger partial charge < -0.3 is 14.6 Å². The first-order valence-corrected chi connectivity index (χ1v) is 11.5. The van der Waals surface area contributed by atoms with E-state index >= 15 is 0 Å². The van der Waals surface area contributed by atoms with Crippen LogP contribution in [0.4, 0.5) is 0 Å². The molecule has 2 saturated heterocycles. The second kappa shape index (κ2) is 8.48. The van der Waals surface area contributed by atoms with Crippen LogP contribution in [0, 0.1) is 6.92 Å². The molecule has 2 aliphatic heterocycles. The Balaban J connectivity index is 1.57. The van der Waals surface area contributed by atoms with Gasteiger partial charge in [0.2, 0.25) is 0 Å². The van der Waals surface area contributed by atoms with E-state index in [9.17, 15) is 5.11 Å². The fourth-order valence-electron chi connectivity index (χ4n) is 5.95. The Morgan fingerprint density at radius 2 is 1.71 bits per heavy atom. The number of methoxy groups -OCH3 is 2. The lowest BCUT2D eigenvalue weighted by Crippen LogP contribution is -2.53. The van der Waals surface area contributed by atoms with Crippen molar-refractivity contribution < 1.29 is 14.6 Å². The predicted molar refractivity (Wildman–Crippen MR) is 125 cm³/mol. The number of hydrogen-bond donors (Lipinski definition) is 1. The molecule has 4 heteroatoms. The van der Waals surface area contributed by atoms with Crippen LogP contribution in [-0.4, -0.2) is 42.4 Å². The van der Waals surface area contributed by atoms with Crippen LogP contribution in [0.2, 0.25) is 0 Å². The van der Waals surface area contributed by atoms with Crippen molar-refractivity contribution in [2.45, 2.75) is 83.5 Å². The third kappa shape index (κ3) is 3.96. The molecule has 31 heavy (non-hydrogen) atoms. The number of aryl methyl sites for hydroxylation is 1. The lowest BCUT2D eigenvalue weighted by atomic mass is 9.79. The molecular weight excluding hydrogens is 386 g/mol. The van der Waals surface area contributed by atoms with E-state index in [1.165, 1.54) is 16.7 Å². The van der Waals surface area contributed by atoms with Gasteiger partial charge in [-0.25, -0.2) is 0 Å². The third-order valence-corrected chi connectivity index (χ3v) is 7.90. The summed E-state index contributed by atoms with van der Waals surface area (Å²) in [5.41, 5.74) is 5.36. The molecule has 2 bridgehead atoms. The molecule has 0 spiro atoms. The van der Waals surface area contributed by atoms with Gasteiger partial charge in [0.25, 0.3) is 0 Å². The SMILES string of the molecule is COC1=CC=C(C(C)N2C3CCC2CC(O)(c2ccc(C)c(OC)c2)C3)CC(C)=C1C. The average molecular weight is 424 g/mol. The van der Waals surface area contributed by atoms with E-state index in [-0.39, 0.29) is 0 Å². The monoisotopic (exact) mass is 423 g/mol. The molecule has 168 valence electrons. The second-order valence-electron chi connectivity index (χ2n) is 9.69. The Morgan fingerprint density at radius 1 is 1.03 bits per heavy atom. The molecule has 3 aliphatic rings. The molecule has 0 saturated carbocycles. The molecule has 0 amide bonds. The Morgan fingerprint density at radius 3 is 2.32 bits per heavy atom. The lowest BCUT2D eigenvalue weighted by Gasteiger charge is -2.47. The minimum Gasteiger partial charge on any atom is -0.496 e. The molecule has 1 aromatic carbocycles. The number of hydrogen-bond acceptors (Lipinski definition) is 4. The second-order valence-corrected chi connectivity index (χ2v) is 9.69. The highest BCUT2D eigenvalue weighted by atomic mass is 16.5. The quantitative estimate of drug-likeness (QED) is 0.688. The molecular formula is C27H37NO3. The van der Waals surface area contributed by atoms with Gasteiger partial charge in [0.15, 0.2) is 0 Å². The number of aliphatic hydroxyl groups is 1. The highest BCUT2D eigenvalue weighted by Crippen LogP contribution is 2.48. The summed E-state index contributed by atoms with van der Waals surface area (Å²) >= 11 is 0. The third-order valence-electron chi connectivity index (χ3n) is 7.90. The van der Waals surface area contributed by atoms with Gasteiger partial charge in [-0.1, -0.05) is 23.8 Å². The molecule has 3 unspecified atom stereocenters. The van der Waals surface area contributed by atoms with Gasteiger partial charge in [-0.15, -0.1) is 0 Å². The van der Waals surface area contributed by atoms with Crippen LogP contribution in [-0.2, 0) is 10.3 Å². The molecule has 0 aromatic heterocycles. The number of rotatable bonds is 5. The molecule has 1 aromatic rings. The van der Waals surface area contributed by atoms with Gasteiger partial charge in [0.05, 0.1) is 19.8 Å². The van der Waals surface area contributed by atoms with Gasteiger partial charge in [-0.3, -0.25) is 4.90 Å². The maximum Gasteiger partial charge on any atom is 0.122 e. The van der Waals surface area contributed by atoms with Crippen LogP contribution in [0.3, 0.4) is 0 Å². The zero-order valence-electron chi connectivity index (χ0n) is 19.9. The highest BCUT2D eigenvalue weighted by molar-refractivity contribution is 5.41. The summed E-state index contributed by atoms with van der Waals surface area (Å²) in [6, 6.07) is 7.33. The van der Waals surface area contributed by atoms with E-state index in [4.69, 9.17) is 9.47 Å². The van der Waals surface area contributed by atoms with E-state index < -0.39 is 5.60 Å². The number of benzene rings is 1. The van der Waals surface area contributed by atoms with E-state index in [1.54, 1.807) is 14.2 Å². The Bertz CT molecular complexity index is 928. The fraction of sp³-hybridized carbons (Fsp3) is 0.556. The van der Waals surface area contributed by atoms with Crippen molar-refractivity contribution in [2.24, 2.45) is 0 Å². The summed E-state index contributed by atoms with van der Waals surface area (Å²) in [6.45, 7) is 8.74. The highest BCUT2D eigenvalue weighted by Gasteiger charge is 2.50. The number of allylic oxidation sites excluding steroid dienone is 4. The first-order chi connectivity index (χ1) is 14.8. The minimum atomic E-state index is -0.781. The van der Waals surface area contributed by atoms with Crippen LogP contribution in [0.5, 0.6) is 5.75 Å². The van der Waals surface area contributed by atoms with Crippen LogP contribution in [0.1, 0.15) is 64.0 Å². The van der Waals surface area contributed by atoms with Crippen molar-refractivity contribution in [1.82, 2.24) is 4.90 Å². The van der Waals surface area contributed by atoms with Crippen molar-refractivity contribution >= 4 is 0 Å². The Hall–Kier alpha value is -2.04. The maximum atomic E-state index is 11.7. The molecule has 4 nitrogen and oxygen atoms in total. The van der Waals surface area contributed by atoms with E-state index in [0.29, 0.717) is 18.1 Å². The summed E-state index contributed by atoms with van der Waals surface area (Å²) in [5, 5.41) is 11.7. The van der Waals surface area contributed by atoms with Crippen LogP contribution < -0.4 is 4.74 Å². The average Bonchev–Trinajstić information content (AvgIpc) is 2.94. The van der Waals surface area contributed by atoms with Crippen molar-refractivity contribution in [1.29, 1.82) is 0 Å². The van der Waals surface area contributed by atoms with Crippen LogP contribution in [0.15, 0.2) is 52.8 Å². The van der Waals surface area contributed by atoms with Crippen LogP contribution >= 0.6 is 0 Å². The largest absolute Gasteiger partial charge is 0.496 e. The van der Waals surface area contributed by atoms with Gasteiger partial charge in [-0.2, -0.15) is 0 Å². The predicted octanol–water partition coefficient (Wildman–Crippen LogP) is 5.40. The zero-order valence-corrected chi connectivity index (χ0v) is 19.9. The number of fused-ring (bicyclic) bond motifs is 2. The van der Waals surface area contributed by atoms with E-state index in [0.717, 1.165) is 54.7 Å². The van der Waals surface area contributed by atoms with Crippen molar-refractivity contribution in [2.75, 3.05) is 14.2 Å². The normalized spacial score (nSPS) is 29.9. The zero-order chi connectivity index (χ0) is 22.3. The topological polar surface area (TPSA) is 41.9 Å². The van der Waals surface area contributed by atoms with Gasteiger partial charge in [-0.05, 0) is 94.2 Å². The number of piperidine rings is 1. The molecule has 4 rings (SSSR count). The van der Waals surface area contributed by atoms with Gasteiger partial charge in [0.1, 0.15) is 11.5 Å². The Labute approximate surface area is 187 Å². The summed E-state index contributed by atoms with van der Waals surface area (Å²) < 4.78 is 11.1. The first-order valence-electron chi connectivity index (χ1n) is 11.5. The molecule has 2 heterocycles. The van der Waals surface area contributed by atoms with Crippen LogP contribution in [0.25, 0.3) is 0 Å². The minimum absolute atomic E-state index is 0.352. The summed E-state index contributed by atoms with van der Waals surface area (Å²) in [7, 11) is 3.45. The fourth-order valence-corrected chi connectivity index (χ4v) is 5.95. The number of ether oxygens (including phenoxy) is 2. The molecule has 1 N–H and O–H groups in total. The van der Waals surface area contributed by atoms with Gasteiger partial charge in [0, 0.05) is 18.1 Å². The molecule has 2 fully saturated rings. The summed E-state index contributed by atoms with van der Waals surface area (Å²) in [4.78, 5) is 2.68. The van der Waals surface area contributed by atoms with Gasteiger partial charge >= 0.3 is 0 Å². The maximum absolute atomic E-state index is 11.7. The van der Waals surface area contributed by atoms with E-state index in [2.05, 4.69) is 50.0 Å². The molecule has 3 atom stereocenters. The standard InChI is InChI=1S/C27H37NO3/c1-17-7-9-22(14-26(17)31-6)27(29)15-23-10-11-24(16-27)28(23)20(4)21-8-12-25(30-5)19(3)18(2)13-21/h7-9,12,14,20,23-24,29H,10-11,13,15-16H2,1-6H3. The summed E-state index contributed by atoms with van der Waals surface area (Å²) in [5.74, 6) is 1.82. The van der Waals surface area contributed by atoms with Crippen molar-refractivity contribution in [3.8, 4) is 5.75 Å². The smallest absolute Gasteiger partial charge is 0.122 e. The lowest BCUT2D eigenvalue weighted by molar-refractivity contribution is -0.0640. The Kier molecular flexibility index (Phi) is 6.06. The first kappa shape index (κ1) is 22.2. The van der Waals surface area contributed by atoms with Crippen molar-refractivity contribution in [3.63, 3.8) is 0 Å². The van der Waals surface area contributed by atoms with Crippen molar-refractivity contribution in [3.05, 3.63) is 64.0 Å². The number of nitrogens with zero attached hydrogens (tertiary/aromatic N) is 1. The van der Waals surface area contributed by atoms with E-state index in [1.807, 2.05) is 13.0 Å². The summed E-state index contributed by atoms with van der Waals surface area (Å²) in [6.07, 6.45) is 9.22. The molecule has 1 aliphatic carbocycles.